The highest BCUT2D eigenvalue weighted by molar-refractivity contribution is 9.10. The van der Waals surface area contributed by atoms with Crippen molar-refractivity contribution in [1.29, 1.82) is 0 Å². The number of hydrogen-bond donors (Lipinski definition) is 0. The molecule has 0 N–H and O–H groups in total. The molecular formula is C14H12BrClN4. The summed E-state index contributed by atoms with van der Waals surface area (Å²) in [5.41, 5.74) is 3.06. The number of aryl methyl sites for hydroxylation is 2. The third kappa shape index (κ3) is 2.83. The summed E-state index contributed by atoms with van der Waals surface area (Å²) >= 11 is 9.49. The standard InChI is InChI=1S/C14H12BrClN4/c15-12-9-18-20-11(7-13(16)19-14(12)20)5-1-3-10-4-2-6-17-8-10/h2,4,6-9H,1,3,5H2. The van der Waals surface area contributed by atoms with E-state index in [9.17, 15) is 0 Å². The number of aromatic nitrogens is 4. The smallest absolute Gasteiger partial charge is 0.171 e. The highest BCUT2D eigenvalue weighted by Gasteiger charge is 2.09. The highest BCUT2D eigenvalue weighted by Crippen LogP contribution is 2.20. The Balaban J connectivity index is 1.77. The summed E-state index contributed by atoms with van der Waals surface area (Å²) < 4.78 is 2.69. The van der Waals surface area contributed by atoms with Crippen LogP contribution in [0.4, 0.5) is 0 Å². The molecule has 3 aromatic heterocycles. The molecule has 0 aromatic carbocycles. The zero-order chi connectivity index (χ0) is 13.9. The minimum absolute atomic E-state index is 0.495. The Morgan fingerprint density at radius 1 is 1.25 bits per heavy atom. The molecule has 0 atom stereocenters. The van der Waals surface area contributed by atoms with Crippen LogP contribution in [0.2, 0.25) is 5.15 Å². The summed E-state index contributed by atoms with van der Waals surface area (Å²) in [5.74, 6) is 0. The van der Waals surface area contributed by atoms with Gasteiger partial charge in [0.1, 0.15) is 5.15 Å². The predicted octanol–water partition coefficient (Wildman–Crippen LogP) is 3.72. The second kappa shape index (κ2) is 5.89. The van der Waals surface area contributed by atoms with Gasteiger partial charge in [0.25, 0.3) is 0 Å². The van der Waals surface area contributed by atoms with Gasteiger partial charge < -0.3 is 0 Å². The molecular weight excluding hydrogens is 340 g/mol. The maximum atomic E-state index is 6.07. The third-order valence-electron chi connectivity index (χ3n) is 3.09. The molecule has 3 heterocycles. The fraction of sp³-hybridized carbons (Fsp3) is 0.214. The third-order valence-corrected chi connectivity index (χ3v) is 3.85. The van der Waals surface area contributed by atoms with Crippen LogP contribution >= 0.6 is 27.5 Å². The van der Waals surface area contributed by atoms with Gasteiger partial charge in [0, 0.05) is 18.1 Å². The van der Waals surface area contributed by atoms with Crippen molar-refractivity contribution in [3.63, 3.8) is 0 Å². The van der Waals surface area contributed by atoms with E-state index in [1.54, 1.807) is 12.4 Å². The second-order valence-electron chi connectivity index (χ2n) is 4.51. The number of pyridine rings is 1. The Morgan fingerprint density at radius 3 is 2.95 bits per heavy atom. The summed E-state index contributed by atoms with van der Waals surface area (Å²) in [6, 6.07) is 5.92. The quantitative estimate of drug-likeness (QED) is 0.673. The van der Waals surface area contributed by atoms with Crippen molar-refractivity contribution < 1.29 is 0 Å². The van der Waals surface area contributed by atoms with Crippen LogP contribution in [-0.4, -0.2) is 19.6 Å². The Morgan fingerprint density at radius 2 is 2.15 bits per heavy atom. The maximum absolute atomic E-state index is 6.07. The monoisotopic (exact) mass is 350 g/mol. The first-order valence-electron chi connectivity index (χ1n) is 6.31. The van der Waals surface area contributed by atoms with E-state index >= 15 is 0 Å². The molecule has 6 heteroatoms. The largest absolute Gasteiger partial charge is 0.264 e. The van der Waals surface area contributed by atoms with E-state index < -0.39 is 0 Å². The van der Waals surface area contributed by atoms with Crippen LogP contribution in [0.15, 0.2) is 41.3 Å². The molecule has 0 spiro atoms. The number of fused-ring (bicyclic) bond motifs is 1. The lowest BCUT2D eigenvalue weighted by atomic mass is 10.1. The van der Waals surface area contributed by atoms with Gasteiger partial charge in [-0.2, -0.15) is 5.10 Å². The van der Waals surface area contributed by atoms with Crippen LogP contribution in [0.1, 0.15) is 17.7 Å². The van der Waals surface area contributed by atoms with Crippen molar-refractivity contribution in [2.75, 3.05) is 0 Å². The van der Waals surface area contributed by atoms with Crippen molar-refractivity contribution in [2.24, 2.45) is 0 Å². The molecule has 102 valence electrons. The first-order valence-corrected chi connectivity index (χ1v) is 7.49. The van der Waals surface area contributed by atoms with Crippen LogP contribution < -0.4 is 0 Å². The van der Waals surface area contributed by atoms with Crippen LogP contribution in [0.25, 0.3) is 5.65 Å². The molecule has 20 heavy (non-hydrogen) atoms. The lowest BCUT2D eigenvalue weighted by molar-refractivity contribution is 0.752. The SMILES string of the molecule is Clc1cc(CCCc2cccnc2)n2ncc(Br)c2n1. The van der Waals surface area contributed by atoms with Gasteiger partial charge >= 0.3 is 0 Å². The minimum Gasteiger partial charge on any atom is -0.264 e. The van der Waals surface area contributed by atoms with Crippen molar-refractivity contribution in [2.45, 2.75) is 19.3 Å². The van der Waals surface area contributed by atoms with E-state index in [0.29, 0.717) is 5.15 Å². The fourth-order valence-corrected chi connectivity index (χ4v) is 2.72. The molecule has 0 saturated carbocycles. The van der Waals surface area contributed by atoms with Crippen molar-refractivity contribution >= 4 is 33.2 Å². The van der Waals surface area contributed by atoms with Crippen LogP contribution in [0.5, 0.6) is 0 Å². The molecule has 4 nitrogen and oxygen atoms in total. The molecule has 3 aromatic rings. The van der Waals surface area contributed by atoms with Crippen LogP contribution in [0, 0.1) is 0 Å². The van der Waals surface area contributed by atoms with E-state index in [1.165, 1.54) is 5.56 Å². The summed E-state index contributed by atoms with van der Waals surface area (Å²) in [5, 5.41) is 4.82. The molecule has 0 amide bonds. The molecule has 0 aliphatic rings. The fourth-order valence-electron chi connectivity index (χ4n) is 2.16. The molecule has 0 bridgehead atoms. The van der Waals surface area contributed by atoms with Gasteiger partial charge in [-0.1, -0.05) is 17.7 Å². The van der Waals surface area contributed by atoms with E-state index in [1.807, 2.05) is 22.8 Å². The summed E-state index contributed by atoms with van der Waals surface area (Å²) in [4.78, 5) is 8.39. The lowest BCUT2D eigenvalue weighted by Gasteiger charge is -2.05. The maximum Gasteiger partial charge on any atom is 0.171 e. The van der Waals surface area contributed by atoms with Gasteiger partial charge in [-0.25, -0.2) is 9.50 Å². The van der Waals surface area contributed by atoms with E-state index in [-0.39, 0.29) is 0 Å². The number of halogens is 2. The Kier molecular flexibility index (Phi) is 3.98. The summed E-state index contributed by atoms with van der Waals surface area (Å²) in [6.45, 7) is 0. The molecule has 0 aliphatic carbocycles. The normalized spacial score (nSPS) is 11.1. The Hall–Kier alpha value is -1.46. The lowest BCUT2D eigenvalue weighted by Crippen LogP contribution is -2.02. The Labute approximate surface area is 129 Å². The van der Waals surface area contributed by atoms with Gasteiger partial charge in [0.2, 0.25) is 0 Å². The number of hydrogen-bond acceptors (Lipinski definition) is 3. The van der Waals surface area contributed by atoms with Gasteiger partial charge in [-0.15, -0.1) is 0 Å². The molecule has 0 radical (unpaired) electrons. The summed E-state index contributed by atoms with van der Waals surface area (Å²) in [6.07, 6.45) is 8.32. The van der Waals surface area contributed by atoms with Crippen molar-refractivity contribution in [3.05, 3.63) is 57.7 Å². The van der Waals surface area contributed by atoms with Crippen LogP contribution in [0.3, 0.4) is 0 Å². The first kappa shape index (κ1) is 13.5. The van der Waals surface area contributed by atoms with E-state index in [2.05, 4.69) is 37.1 Å². The van der Waals surface area contributed by atoms with E-state index in [0.717, 1.165) is 35.1 Å². The molecule has 0 saturated heterocycles. The zero-order valence-electron chi connectivity index (χ0n) is 10.6. The minimum atomic E-state index is 0.495. The van der Waals surface area contributed by atoms with Gasteiger partial charge in [0.15, 0.2) is 5.65 Å². The molecule has 0 fully saturated rings. The molecule has 3 rings (SSSR count). The van der Waals surface area contributed by atoms with E-state index in [4.69, 9.17) is 11.6 Å². The Bertz CT molecular complexity index is 727. The summed E-state index contributed by atoms with van der Waals surface area (Å²) in [7, 11) is 0. The van der Waals surface area contributed by atoms with Crippen LogP contribution in [-0.2, 0) is 12.8 Å². The number of nitrogens with zero attached hydrogens (tertiary/aromatic N) is 4. The number of rotatable bonds is 4. The van der Waals surface area contributed by atoms with Crippen molar-refractivity contribution in [1.82, 2.24) is 19.6 Å². The first-order chi connectivity index (χ1) is 9.74. The van der Waals surface area contributed by atoms with Gasteiger partial charge in [0.05, 0.1) is 10.7 Å². The average molecular weight is 352 g/mol. The van der Waals surface area contributed by atoms with Gasteiger partial charge in [-0.05, 0) is 52.9 Å². The molecule has 0 unspecified atom stereocenters. The average Bonchev–Trinajstić information content (AvgIpc) is 2.82. The van der Waals surface area contributed by atoms with Crippen molar-refractivity contribution in [3.8, 4) is 0 Å². The predicted molar refractivity (Wildman–Crippen MR) is 82.0 cm³/mol. The second-order valence-corrected chi connectivity index (χ2v) is 5.75. The molecule has 0 aliphatic heterocycles. The topological polar surface area (TPSA) is 43.1 Å². The zero-order valence-corrected chi connectivity index (χ0v) is 13.0. The highest BCUT2D eigenvalue weighted by atomic mass is 79.9. The van der Waals surface area contributed by atoms with Gasteiger partial charge in [-0.3, -0.25) is 4.98 Å².